The van der Waals surface area contributed by atoms with Crippen molar-refractivity contribution in [2.24, 2.45) is 0 Å². The molecule has 0 unspecified atom stereocenters. The van der Waals surface area contributed by atoms with E-state index < -0.39 is 0 Å². The van der Waals surface area contributed by atoms with Crippen molar-refractivity contribution in [2.75, 3.05) is 52.9 Å². The van der Waals surface area contributed by atoms with Crippen LogP contribution in [0.25, 0.3) is 6.08 Å². The van der Waals surface area contributed by atoms with E-state index >= 15 is 0 Å². The number of carbonyl (C=O) groups is 1. The molecule has 1 aromatic rings. The van der Waals surface area contributed by atoms with Gasteiger partial charge in [-0.05, 0) is 23.8 Å². The van der Waals surface area contributed by atoms with Crippen molar-refractivity contribution in [3.63, 3.8) is 0 Å². The molecule has 0 aromatic heterocycles. The van der Waals surface area contributed by atoms with Crippen molar-refractivity contribution >= 4 is 12.4 Å². The standard InChI is InChI=1S/C17H22O6/c18-5-1-2-15-3-4-16-17(14-15)23-13-11-21-9-7-19-6-8-20-10-12-22-16/h1-5,14H,6-13H2/b2-1+. The van der Waals surface area contributed by atoms with Gasteiger partial charge in [0.1, 0.15) is 19.5 Å². The number of rotatable bonds is 2. The zero-order chi connectivity index (χ0) is 16.2. The number of benzene rings is 1. The minimum Gasteiger partial charge on any atom is -0.487 e. The molecule has 1 heterocycles. The highest BCUT2D eigenvalue weighted by atomic mass is 16.6. The molecule has 0 fully saturated rings. The molecule has 1 aliphatic heterocycles. The second kappa shape index (κ2) is 10.8. The molecule has 2 rings (SSSR count). The van der Waals surface area contributed by atoms with Gasteiger partial charge in [-0.15, -0.1) is 0 Å². The third kappa shape index (κ3) is 6.81. The third-order valence-corrected chi connectivity index (χ3v) is 3.05. The lowest BCUT2D eigenvalue weighted by Gasteiger charge is -2.13. The second-order valence-corrected chi connectivity index (χ2v) is 4.74. The van der Waals surface area contributed by atoms with E-state index in [2.05, 4.69) is 0 Å². The van der Waals surface area contributed by atoms with Gasteiger partial charge in [-0.3, -0.25) is 4.79 Å². The van der Waals surface area contributed by atoms with Crippen LogP contribution >= 0.6 is 0 Å². The Labute approximate surface area is 135 Å². The number of ether oxygens (including phenoxy) is 5. The van der Waals surface area contributed by atoms with Gasteiger partial charge >= 0.3 is 0 Å². The van der Waals surface area contributed by atoms with Gasteiger partial charge in [0.25, 0.3) is 0 Å². The van der Waals surface area contributed by atoms with Gasteiger partial charge in [0.15, 0.2) is 11.5 Å². The zero-order valence-corrected chi connectivity index (χ0v) is 13.1. The highest BCUT2D eigenvalue weighted by Gasteiger charge is 2.07. The van der Waals surface area contributed by atoms with E-state index in [4.69, 9.17) is 23.7 Å². The Morgan fingerprint density at radius 1 is 0.739 bits per heavy atom. The van der Waals surface area contributed by atoms with E-state index in [1.165, 1.54) is 6.08 Å². The van der Waals surface area contributed by atoms with Crippen molar-refractivity contribution in [3.8, 4) is 11.5 Å². The lowest BCUT2D eigenvalue weighted by atomic mass is 10.2. The van der Waals surface area contributed by atoms with Crippen LogP contribution in [0.4, 0.5) is 0 Å². The summed E-state index contributed by atoms with van der Waals surface area (Å²) in [5.41, 5.74) is 0.864. The van der Waals surface area contributed by atoms with Crippen LogP contribution in [0.15, 0.2) is 24.3 Å². The van der Waals surface area contributed by atoms with Gasteiger partial charge in [0.05, 0.1) is 39.6 Å². The van der Waals surface area contributed by atoms with Gasteiger partial charge in [-0.2, -0.15) is 0 Å². The highest BCUT2D eigenvalue weighted by Crippen LogP contribution is 2.29. The Morgan fingerprint density at radius 2 is 1.30 bits per heavy atom. The Bertz CT molecular complexity index is 500. The molecule has 0 saturated heterocycles. The zero-order valence-electron chi connectivity index (χ0n) is 13.1. The van der Waals surface area contributed by atoms with Gasteiger partial charge in [-0.1, -0.05) is 12.1 Å². The summed E-state index contributed by atoms with van der Waals surface area (Å²) in [5, 5.41) is 0. The molecular weight excluding hydrogens is 300 g/mol. The fourth-order valence-electron chi connectivity index (χ4n) is 1.97. The molecule has 0 bridgehead atoms. The molecule has 23 heavy (non-hydrogen) atoms. The topological polar surface area (TPSA) is 63.2 Å². The molecule has 0 radical (unpaired) electrons. The van der Waals surface area contributed by atoms with Gasteiger partial charge in [0.2, 0.25) is 0 Å². The van der Waals surface area contributed by atoms with Gasteiger partial charge < -0.3 is 23.7 Å². The summed E-state index contributed by atoms with van der Waals surface area (Å²) in [4.78, 5) is 10.4. The molecule has 0 atom stereocenters. The maximum Gasteiger partial charge on any atom is 0.161 e. The van der Waals surface area contributed by atoms with Crippen molar-refractivity contribution in [2.45, 2.75) is 0 Å². The smallest absolute Gasteiger partial charge is 0.161 e. The van der Waals surface area contributed by atoms with E-state index in [-0.39, 0.29) is 0 Å². The summed E-state index contributed by atoms with van der Waals surface area (Å²) in [5.74, 6) is 1.26. The van der Waals surface area contributed by atoms with E-state index in [9.17, 15) is 4.79 Å². The molecule has 0 saturated carbocycles. The van der Waals surface area contributed by atoms with Crippen LogP contribution < -0.4 is 9.47 Å². The molecule has 0 amide bonds. The van der Waals surface area contributed by atoms with Crippen LogP contribution in [0.2, 0.25) is 0 Å². The first-order valence-corrected chi connectivity index (χ1v) is 7.65. The molecule has 1 aromatic carbocycles. The van der Waals surface area contributed by atoms with Crippen LogP contribution in [0.1, 0.15) is 5.56 Å². The van der Waals surface area contributed by atoms with Crippen LogP contribution in [-0.4, -0.2) is 59.1 Å². The quantitative estimate of drug-likeness (QED) is 0.610. The SMILES string of the molecule is O=C/C=C/c1ccc2c(c1)OCCOCCOCCOCCO2. The first-order chi connectivity index (χ1) is 11.4. The number of fused-ring (bicyclic) bond motifs is 1. The average molecular weight is 322 g/mol. The predicted molar refractivity (Wildman–Crippen MR) is 85.0 cm³/mol. The minimum absolute atomic E-state index is 0.410. The number of hydrogen-bond acceptors (Lipinski definition) is 6. The fourth-order valence-corrected chi connectivity index (χ4v) is 1.97. The van der Waals surface area contributed by atoms with Crippen LogP contribution in [0.3, 0.4) is 0 Å². The summed E-state index contributed by atoms with van der Waals surface area (Å²) < 4.78 is 27.6. The lowest BCUT2D eigenvalue weighted by molar-refractivity contribution is -0.104. The van der Waals surface area contributed by atoms with E-state index in [1.54, 1.807) is 6.08 Å². The Kier molecular flexibility index (Phi) is 8.18. The molecule has 0 aliphatic carbocycles. The normalized spacial score (nSPS) is 18.1. The molecule has 6 heteroatoms. The summed E-state index contributed by atoms with van der Waals surface area (Å²) >= 11 is 0. The molecule has 126 valence electrons. The first kappa shape index (κ1) is 17.5. The van der Waals surface area contributed by atoms with Crippen LogP contribution in [0.5, 0.6) is 11.5 Å². The van der Waals surface area contributed by atoms with Gasteiger partial charge in [-0.25, -0.2) is 0 Å². The number of allylic oxidation sites excluding steroid dienone is 1. The van der Waals surface area contributed by atoms with E-state index in [1.807, 2.05) is 18.2 Å². The van der Waals surface area contributed by atoms with Crippen molar-refractivity contribution in [3.05, 3.63) is 29.8 Å². The average Bonchev–Trinajstić information content (AvgIpc) is 2.58. The summed E-state index contributed by atoms with van der Waals surface area (Å²) in [6.07, 6.45) is 3.88. The van der Waals surface area contributed by atoms with Crippen LogP contribution in [-0.2, 0) is 19.0 Å². The predicted octanol–water partition coefficient (Wildman–Crippen LogP) is 1.72. The minimum atomic E-state index is 0.410. The summed E-state index contributed by atoms with van der Waals surface area (Å²) in [7, 11) is 0. The van der Waals surface area contributed by atoms with Crippen molar-refractivity contribution in [1.29, 1.82) is 0 Å². The maximum absolute atomic E-state index is 10.4. The molecule has 0 spiro atoms. The maximum atomic E-state index is 10.4. The lowest BCUT2D eigenvalue weighted by Crippen LogP contribution is -2.13. The molecule has 6 nitrogen and oxygen atoms in total. The molecule has 0 N–H and O–H groups in total. The number of aldehydes is 1. The second-order valence-electron chi connectivity index (χ2n) is 4.74. The number of hydrogen-bond donors (Lipinski definition) is 0. The Balaban J connectivity index is 2.02. The van der Waals surface area contributed by atoms with Crippen molar-refractivity contribution < 1.29 is 28.5 Å². The highest BCUT2D eigenvalue weighted by molar-refractivity contribution is 5.74. The largest absolute Gasteiger partial charge is 0.487 e. The van der Waals surface area contributed by atoms with E-state index in [0.717, 1.165) is 11.8 Å². The fraction of sp³-hybridized carbons (Fsp3) is 0.471. The van der Waals surface area contributed by atoms with E-state index in [0.29, 0.717) is 64.4 Å². The molecule has 1 aliphatic rings. The van der Waals surface area contributed by atoms with Crippen LogP contribution in [0, 0.1) is 0 Å². The monoisotopic (exact) mass is 322 g/mol. The Hall–Kier alpha value is -1.89. The van der Waals surface area contributed by atoms with Crippen molar-refractivity contribution in [1.82, 2.24) is 0 Å². The first-order valence-electron chi connectivity index (χ1n) is 7.65. The summed E-state index contributed by atoms with van der Waals surface area (Å²) in [6, 6.07) is 5.51. The van der Waals surface area contributed by atoms with Gasteiger partial charge in [0, 0.05) is 0 Å². The Morgan fingerprint density at radius 3 is 1.91 bits per heavy atom. The number of carbonyl (C=O) groups excluding carboxylic acids is 1. The summed E-state index contributed by atoms with van der Waals surface area (Å²) in [6.45, 7) is 3.92. The molecular formula is C17H22O6. The third-order valence-electron chi connectivity index (χ3n) is 3.05.